The Morgan fingerprint density at radius 3 is 3.06 bits per heavy atom. The highest BCUT2D eigenvalue weighted by atomic mass is 32.2. The highest BCUT2D eigenvalue weighted by molar-refractivity contribution is 7.99. The summed E-state index contributed by atoms with van der Waals surface area (Å²) in [6, 6.07) is 0. The van der Waals surface area contributed by atoms with E-state index in [2.05, 4.69) is 25.6 Å². The number of carboxylic acids is 1. The van der Waals surface area contributed by atoms with Gasteiger partial charge in [0.15, 0.2) is 5.82 Å². The molecule has 0 amide bonds. The van der Waals surface area contributed by atoms with E-state index in [0.29, 0.717) is 17.5 Å². The Kier molecular flexibility index (Phi) is 3.32. The minimum Gasteiger partial charge on any atom is -0.481 e. The SMILES string of the molecule is Cn1cnc(Cn2nnnc2SCC(=O)O)n1. The Morgan fingerprint density at radius 2 is 2.41 bits per heavy atom. The quantitative estimate of drug-likeness (QED) is 0.679. The van der Waals surface area contributed by atoms with Crippen LogP contribution in [0.4, 0.5) is 0 Å². The molecule has 2 rings (SSSR count). The van der Waals surface area contributed by atoms with Crippen molar-refractivity contribution in [3.05, 3.63) is 12.2 Å². The zero-order valence-electron chi connectivity index (χ0n) is 8.89. The Balaban J connectivity index is 2.06. The third kappa shape index (κ3) is 3.00. The van der Waals surface area contributed by atoms with Crippen molar-refractivity contribution >= 4 is 17.7 Å². The van der Waals surface area contributed by atoms with Crippen LogP contribution in [0.15, 0.2) is 11.5 Å². The molecule has 0 atom stereocenters. The summed E-state index contributed by atoms with van der Waals surface area (Å²) in [7, 11) is 1.76. The van der Waals surface area contributed by atoms with Gasteiger partial charge in [0.1, 0.15) is 12.9 Å². The van der Waals surface area contributed by atoms with Crippen LogP contribution in [0.1, 0.15) is 5.82 Å². The molecule has 0 saturated heterocycles. The van der Waals surface area contributed by atoms with Gasteiger partial charge in [-0.25, -0.2) is 9.67 Å². The molecule has 0 aliphatic heterocycles. The van der Waals surface area contributed by atoms with Crippen LogP contribution in [0.25, 0.3) is 0 Å². The van der Waals surface area contributed by atoms with Gasteiger partial charge >= 0.3 is 5.97 Å². The molecule has 90 valence electrons. The number of tetrazole rings is 1. The Bertz CT molecular complexity index is 522. The number of aromatic nitrogens is 7. The fraction of sp³-hybridized carbons (Fsp3) is 0.429. The molecule has 2 aromatic rings. The molecule has 2 aromatic heterocycles. The first kappa shape index (κ1) is 11.5. The minimum atomic E-state index is -0.916. The Hall–Kier alpha value is -1.97. The van der Waals surface area contributed by atoms with Crippen LogP contribution in [0.3, 0.4) is 0 Å². The molecule has 10 heteroatoms. The van der Waals surface area contributed by atoms with Crippen LogP contribution < -0.4 is 0 Å². The van der Waals surface area contributed by atoms with E-state index in [0.717, 1.165) is 11.8 Å². The first-order valence-electron chi connectivity index (χ1n) is 4.60. The molecule has 1 N–H and O–H groups in total. The Labute approximate surface area is 99.8 Å². The van der Waals surface area contributed by atoms with Crippen LogP contribution in [0.5, 0.6) is 0 Å². The van der Waals surface area contributed by atoms with E-state index < -0.39 is 5.97 Å². The summed E-state index contributed by atoms with van der Waals surface area (Å²) in [5.41, 5.74) is 0. The topological polar surface area (TPSA) is 112 Å². The smallest absolute Gasteiger partial charge is 0.313 e. The van der Waals surface area contributed by atoms with E-state index in [4.69, 9.17) is 5.11 Å². The first-order chi connectivity index (χ1) is 8.15. The fourth-order valence-electron chi connectivity index (χ4n) is 1.12. The third-order valence-electron chi connectivity index (χ3n) is 1.76. The maximum absolute atomic E-state index is 10.4. The molecule has 0 aliphatic carbocycles. The average molecular weight is 255 g/mol. The second-order valence-corrected chi connectivity index (χ2v) is 4.08. The molecule has 0 radical (unpaired) electrons. The monoisotopic (exact) mass is 255 g/mol. The molecule has 9 nitrogen and oxygen atoms in total. The number of rotatable bonds is 5. The average Bonchev–Trinajstić information content (AvgIpc) is 2.86. The molecule has 0 aromatic carbocycles. The number of hydrogen-bond acceptors (Lipinski definition) is 7. The van der Waals surface area contributed by atoms with E-state index in [1.165, 1.54) is 4.68 Å². The lowest BCUT2D eigenvalue weighted by Crippen LogP contribution is -2.07. The molecular formula is C7H9N7O2S. The van der Waals surface area contributed by atoms with Gasteiger partial charge in [-0.1, -0.05) is 11.8 Å². The largest absolute Gasteiger partial charge is 0.481 e. The number of carbonyl (C=O) groups is 1. The van der Waals surface area contributed by atoms with Crippen molar-refractivity contribution < 1.29 is 9.90 Å². The van der Waals surface area contributed by atoms with Crippen molar-refractivity contribution in [1.82, 2.24) is 35.0 Å². The van der Waals surface area contributed by atoms with E-state index in [-0.39, 0.29) is 5.75 Å². The molecule has 0 spiro atoms. The number of aliphatic carboxylic acids is 1. The van der Waals surface area contributed by atoms with Crippen molar-refractivity contribution in [3.63, 3.8) is 0 Å². The molecular weight excluding hydrogens is 246 g/mol. The van der Waals surface area contributed by atoms with Gasteiger partial charge in [-0.3, -0.25) is 9.48 Å². The van der Waals surface area contributed by atoms with Crippen LogP contribution in [-0.2, 0) is 18.4 Å². The van der Waals surface area contributed by atoms with Crippen molar-refractivity contribution in [1.29, 1.82) is 0 Å². The summed E-state index contributed by atoms with van der Waals surface area (Å²) in [6.45, 7) is 0.315. The van der Waals surface area contributed by atoms with Gasteiger partial charge in [0.25, 0.3) is 0 Å². The first-order valence-corrected chi connectivity index (χ1v) is 5.59. The van der Waals surface area contributed by atoms with Crippen molar-refractivity contribution in [2.24, 2.45) is 7.05 Å². The van der Waals surface area contributed by atoms with Crippen LogP contribution in [0.2, 0.25) is 0 Å². The third-order valence-corrected chi connectivity index (χ3v) is 2.70. The lowest BCUT2D eigenvalue weighted by atomic mass is 10.6. The number of thioether (sulfide) groups is 1. The predicted molar refractivity (Wildman–Crippen MR) is 56.3 cm³/mol. The summed E-state index contributed by atoms with van der Waals surface area (Å²) < 4.78 is 3.03. The maximum atomic E-state index is 10.4. The van der Waals surface area contributed by atoms with Gasteiger partial charge in [0, 0.05) is 7.05 Å². The minimum absolute atomic E-state index is 0.0873. The van der Waals surface area contributed by atoms with E-state index in [1.807, 2.05) is 0 Å². The van der Waals surface area contributed by atoms with Crippen molar-refractivity contribution in [3.8, 4) is 0 Å². The summed E-state index contributed by atoms with van der Waals surface area (Å²) in [4.78, 5) is 14.5. The second kappa shape index (κ2) is 4.91. The van der Waals surface area contributed by atoms with Gasteiger partial charge in [-0.15, -0.1) is 5.10 Å². The summed E-state index contributed by atoms with van der Waals surface area (Å²) in [5.74, 6) is -0.437. The highest BCUT2D eigenvalue weighted by Gasteiger charge is 2.11. The van der Waals surface area contributed by atoms with Crippen molar-refractivity contribution in [2.75, 3.05) is 5.75 Å². The van der Waals surface area contributed by atoms with E-state index in [9.17, 15) is 4.79 Å². The highest BCUT2D eigenvalue weighted by Crippen LogP contribution is 2.13. The van der Waals surface area contributed by atoms with Gasteiger partial charge in [-0.2, -0.15) is 5.10 Å². The summed E-state index contributed by atoms with van der Waals surface area (Å²) >= 11 is 1.05. The van der Waals surface area contributed by atoms with Gasteiger partial charge < -0.3 is 5.11 Å². The summed E-state index contributed by atoms with van der Waals surface area (Å²) in [6.07, 6.45) is 1.57. The number of aryl methyl sites for hydroxylation is 1. The second-order valence-electron chi connectivity index (χ2n) is 3.14. The molecule has 0 aliphatic rings. The lowest BCUT2D eigenvalue weighted by Gasteiger charge is -1.99. The zero-order valence-corrected chi connectivity index (χ0v) is 9.70. The van der Waals surface area contributed by atoms with Crippen LogP contribution >= 0.6 is 11.8 Å². The van der Waals surface area contributed by atoms with E-state index in [1.54, 1.807) is 18.1 Å². The predicted octanol–water partition coefficient (Wildman–Crippen LogP) is -0.973. The van der Waals surface area contributed by atoms with Gasteiger partial charge in [-0.05, 0) is 10.4 Å². The molecule has 0 fully saturated rings. The molecule has 0 unspecified atom stereocenters. The number of carboxylic acid groups (broad SMARTS) is 1. The molecule has 0 saturated carbocycles. The van der Waals surface area contributed by atoms with Gasteiger partial charge in [0.2, 0.25) is 5.16 Å². The number of hydrogen-bond donors (Lipinski definition) is 1. The lowest BCUT2D eigenvalue weighted by molar-refractivity contribution is -0.133. The Morgan fingerprint density at radius 1 is 1.59 bits per heavy atom. The van der Waals surface area contributed by atoms with Crippen LogP contribution in [0, 0.1) is 0 Å². The van der Waals surface area contributed by atoms with Crippen molar-refractivity contribution in [2.45, 2.75) is 11.7 Å². The van der Waals surface area contributed by atoms with Crippen LogP contribution in [-0.4, -0.2) is 51.8 Å². The standard InChI is InChI=1S/C7H9N7O2S/c1-13-4-8-5(10-13)2-14-7(9-11-12-14)17-3-6(15)16/h4H,2-3H2,1H3,(H,15,16). The molecule has 2 heterocycles. The number of nitrogens with zero attached hydrogens (tertiary/aromatic N) is 7. The molecule has 0 bridgehead atoms. The normalized spacial score (nSPS) is 10.6. The van der Waals surface area contributed by atoms with Gasteiger partial charge in [0.05, 0.1) is 5.75 Å². The summed E-state index contributed by atoms with van der Waals surface area (Å²) in [5, 5.41) is 24.1. The zero-order chi connectivity index (χ0) is 12.3. The molecule has 17 heavy (non-hydrogen) atoms. The maximum Gasteiger partial charge on any atom is 0.313 e. The van der Waals surface area contributed by atoms with E-state index >= 15 is 0 Å². The fourth-order valence-corrected chi connectivity index (χ4v) is 1.71.